The minimum absolute atomic E-state index is 0.0300. The van der Waals surface area contributed by atoms with Crippen LogP contribution in [0.15, 0.2) is 36.4 Å². The summed E-state index contributed by atoms with van der Waals surface area (Å²) in [5.74, 6) is -0.668. The van der Waals surface area contributed by atoms with E-state index in [4.69, 9.17) is 9.84 Å². The highest BCUT2D eigenvalue weighted by molar-refractivity contribution is 6.11. The highest BCUT2D eigenvalue weighted by Gasteiger charge is 2.18. The minimum atomic E-state index is -0.977. The van der Waals surface area contributed by atoms with Gasteiger partial charge in [-0.2, -0.15) is 0 Å². The zero-order valence-electron chi connectivity index (χ0n) is 12.1. The highest BCUT2D eigenvalue weighted by atomic mass is 16.5. The van der Waals surface area contributed by atoms with Gasteiger partial charge < -0.3 is 9.84 Å². The molecule has 2 aromatic carbocycles. The summed E-state index contributed by atoms with van der Waals surface area (Å²) in [7, 11) is 0. The van der Waals surface area contributed by atoms with Crippen LogP contribution in [0.2, 0.25) is 0 Å². The number of hydrogen-bond acceptors (Lipinski definition) is 3. The van der Waals surface area contributed by atoms with Crippen LogP contribution in [0.5, 0.6) is 5.75 Å². The second kappa shape index (κ2) is 6.39. The van der Waals surface area contributed by atoms with Gasteiger partial charge in [-0.1, -0.05) is 30.3 Å². The maximum Gasteiger partial charge on any atom is 0.303 e. The summed E-state index contributed by atoms with van der Waals surface area (Å²) < 4.78 is 5.71. The monoisotopic (exact) mass is 286 g/mol. The van der Waals surface area contributed by atoms with E-state index >= 15 is 0 Å². The van der Waals surface area contributed by atoms with Crippen molar-refractivity contribution < 1.29 is 19.4 Å². The van der Waals surface area contributed by atoms with Gasteiger partial charge in [-0.15, -0.1) is 0 Å². The second-order valence-electron chi connectivity index (χ2n) is 5.14. The molecule has 0 aromatic heterocycles. The lowest BCUT2D eigenvalue weighted by Crippen LogP contribution is -2.11. The van der Waals surface area contributed by atoms with E-state index in [1.165, 1.54) is 0 Å². The molecule has 4 nitrogen and oxygen atoms in total. The van der Waals surface area contributed by atoms with Crippen molar-refractivity contribution >= 4 is 22.5 Å². The number of hydrogen-bond donors (Lipinski definition) is 1. The summed E-state index contributed by atoms with van der Waals surface area (Å²) in [4.78, 5) is 23.1. The zero-order valence-corrected chi connectivity index (χ0v) is 12.1. The number of ether oxygens (including phenoxy) is 1. The van der Waals surface area contributed by atoms with Crippen molar-refractivity contribution in [2.75, 3.05) is 0 Å². The highest BCUT2D eigenvalue weighted by Crippen LogP contribution is 2.30. The molecular formula is C17H18O4. The van der Waals surface area contributed by atoms with Crippen LogP contribution in [0.4, 0.5) is 0 Å². The molecule has 2 aromatic rings. The molecule has 4 heteroatoms. The lowest BCUT2D eigenvalue weighted by molar-refractivity contribution is -0.136. The molecule has 0 aliphatic carbocycles. The molecule has 0 fully saturated rings. The van der Waals surface area contributed by atoms with Gasteiger partial charge in [0.15, 0.2) is 5.78 Å². The van der Waals surface area contributed by atoms with Gasteiger partial charge in [-0.05, 0) is 30.7 Å². The van der Waals surface area contributed by atoms with Crippen LogP contribution in [0.25, 0.3) is 10.8 Å². The van der Waals surface area contributed by atoms with Crippen LogP contribution < -0.4 is 4.74 Å². The number of benzene rings is 2. The van der Waals surface area contributed by atoms with Crippen molar-refractivity contribution in [2.24, 2.45) is 0 Å². The maximum atomic E-state index is 12.4. The third kappa shape index (κ3) is 3.60. The zero-order chi connectivity index (χ0) is 15.4. The van der Waals surface area contributed by atoms with Crippen molar-refractivity contribution in [3.8, 4) is 5.75 Å². The van der Waals surface area contributed by atoms with Gasteiger partial charge in [0.1, 0.15) is 5.75 Å². The Balaban J connectivity index is 2.49. The van der Waals surface area contributed by atoms with Crippen molar-refractivity contribution in [1.82, 2.24) is 0 Å². The molecule has 0 heterocycles. The van der Waals surface area contributed by atoms with Crippen LogP contribution in [-0.4, -0.2) is 23.0 Å². The van der Waals surface area contributed by atoms with Crippen molar-refractivity contribution in [3.63, 3.8) is 0 Å². The Kier molecular flexibility index (Phi) is 4.58. The van der Waals surface area contributed by atoms with E-state index in [-0.39, 0.29) is 24.7 Å². The lowest BCUT2D eigenvalue weighted by Gasteiger charge is -2.15. The number of rotatable bonds is 6. The quantitative estimate of drug-likeness (QED) is 0.823. The Morgan fingerprint density at radius 1 is 1.10 bits per heavy atom. The van der Waals surface area contributed by atoms with E-state index in [0.29, 0.717) is 11.3 Å². The summed E-state index contributed by atoms with van der Waals surface area (Å²) in [6.07, 6.45) is -0.266. The largest absolute Gasteiger partial charge is 0.490 e. The van der Waals surface area contributed by atoms with Gasteiger partial charge in [0.25, 0.3) is 0 Å². The Morgan fingerprint density at radius 3 is 2.48 bits per heavy atom. The molecule has 0 radical (unpaired) electrons. The molecule has 0 aliphatic rings. The number of ketones is 1. The summed E-state index contributed by atoms with van der Waals surface area (Å²) in [6.45, 7) is 3.78. The molecule has 0 atom stereocenters. The van der Waals surface area contributed by atoms with Gasteiger partial charge >= 0.3 is 5.97 Å². The number of carbonyl (C=O) groups excluding carboxylic acids is 1. The number of carbonyl (C=O) groups is 2. The van der Waals surface area contributed by atoms with Crippen molar-refractivity contribution in [2.45, 2.75) is 32.8 Å². The van der Waals surface area contributed by atoms with E-state index in [9.17, 15) is 9.59 Å². The van der Waals surface area contributed by atoms with Crippen LogP contribution in [0, 0.1) is 0 Å². The smallest absolute Gasteiger partial charge is 0.303 e. The van der Waals surface area contributed by atoms with Crippen molar-refractivity contribution in [1.29, 1.82) is 0 Å². The number of fused-ring (bicyclic) bond motifs is 1. The predicted octanol–water partition coefficient (Wildman–Crippen LogP) is 3.67. The maximum absolute atomic E-state index is 12.4. The van der Waals surface area contributed by atoms with Crippen LogP contribution in [0.3, 0.4) is 0 Å². The standard InChI is InChI=1S/C17H18O4/c1-11(2)21-15-9-7-12-5-3-4-6-13(12)17(15)14(18)8-10-16(19)20/h3-7,9,11H,8,10H2,1-2H3,(H,19,20). The normalized spacial score (nSPS) is 10.8. The molecule has 2 rings (SSSR count). The SMILES string of the molecule is CC(C)Oc1ccc2ccccc2c1C(=O)CCC(=O)O. The fraction of sp³-hybridized carbons (Fsp3) is 0.294. The predicted molar refractivity (Wildman–Crippen MR) is 80.9 cm³/mol. The summed E-state index contributed by atoms with van der Waals surface area (Å²) in [6, 6.07) is 11.2. The summed E-state index contributed by atoms with van der Waals surface area (Å²) in [5, 5.41) is 10.5. The molecule has 1 N–H and O–H groups in total. The van der Waals surface area contributed by atoms with Gasteiger partial charge in [-0.3, -0.25) is 9.59 Å². The fourth-order valence-corrected chi connectivity index (χ4v) is 2.24. The van der Waals surface area contributed by atoms with E-state index in [1.54, 1.807) is 6.07 Å². The number of carboxylic acids is 1. The van der Waals surface area contributed by atoms with Crippen molar-refractivity contribution in [3.05, 3.63) is 42.0 Å². The van der Waals surface area contributed by atoms with E-state index in [1.807, 2.05) is 44.2 Å². The molecule has 110 valence electrons. The summed E-state index contributed by atoms with van der Waals surface area (Å²) in [5.41, 5.74) is 0.475. The molecule has 0 spiro atoms. The number of Topliss-reactive ketones (excluding diaryl/α,β-unsaturated/α-hetero) is 1. The first kappa shape index (κ1) is 15.0. The first-order valence-corrected chi connectivity index (χ1v) is 6.92. The molecular weight excluding hydrogens is 268 g/mol. The topological polar surface area (TPSA) is 63.6 Å². The first-order valence-electron chi connectivity index (χ1n) is 6.92. The third-order valence-corrected chi connectivity index (χ3v) is 3.10. The van der Waals surface area contributed by atoms with E-state index < -0.39 is 5.97 Å². The van der Waals surface area contributed by atoms with E-state index in [2.05, 4.69) is 0 Å². The van der Waals surface area contributed by atoms with Gasteiger partial charge in [0.05, 0.1) is 18.1 Å². The Morgan fingerprint density at radius 2 is 1.81 bits per heavy atom. The van der Waals surface area contributed by atoms with E-state index in [0.717, 1.165) is 10.8 Å². The molecule has 0 aliphatic heterocycles. The number of aliphatic carboxylic acids is 1. The third-order valence-electron chi connectivity index (χ3n) is 3.10. The van der Waals surface area contributed by atoms with Gasteiger partial charge in [0.2, 0.25) is 0 Å². The fourth-order valence-electron chi connectivity index (χ4n) is 2.24. The van der Waals surface area contributed by atoms with Crippen LogP contribution in [0.1, 0.15) is 37.0 Å². The molecule has 0 bridgehead atoms. The Labute approximate surface area is 123 Å². The molecule has 0 amide bonds. The second-order valence-corrected chi connectivity index (χ2v) is 5.14. The average Bonchev–Trinajstić information content (AvgIpc) is 2.44. The minimum Gasteiger partial charge on any atom is -0.490 e. The molecule has 21 heavy (non-hydrogen) atoms. The molecule has 0 saturated heterocycles. The molecule has 0 saturated carbocycles. The van der Waals surface area contributed by atoms with Gasteiger partial charge in [-0.25, -0.2) is 0 Å². The Bertz CT molecular complexity index is 674. The first-order chi connectivity index (χ1) is 9.99. The summed E-state index contributed by atoms with van der Waals surface area (Å²) >= 11 is 0. The Hall–Kier alpha value is -2.36. The number of carboxylic acid groups (broad SMARTS) is 1. The van der Waals surface area contributed by atoms with Crippen LogP contribution >= 0.6 is 0 Å². The average molecular weight is 286 g/mol. The molecule has 0 unspecified atom stereocenters. The van der Waals surface area contributed by atoms with Gasteiger partial charge in [0, 0.05) is 6.42 Å². The van der Waals surface area contributed by atoms with Crippen LogP contribution in [-0.2, 0) is 4.79 Å². The lowest BCUT2D eigenvalue weighted by atomic mass is 9.98.